The molecule has 0 bridgehead atoms. The van der Waals surface area contributed by atoms with Crippen LogP contribution in [0.1, 0.15) is 56.8 Å². The number of pyridine rings is 1. The van der Waals surface area contributed by atoms with Gasteiger partial charge in [0.1, 0.15) is 10.6 Å². The van der Waals surface area contributed by atoms with Gasteiger partial charge in [-0.25, -0.2) is 4.98 Å². The number of carbonyl (C=O) groups excluding carboxylic acids is 1. The molecule has 1 amide bonds. The van der Waals surface area contributed by atoms with Crippen LogP contribution in [0, 0.1) is 17.2 Å². The first-order valence-electron chi connectivity index (χ1n) is 7.91. The molecule has 0 aliphatic heterocycles. The summed E-state index contributed by atoms with van der Waals surface area (Å²) >= 11 is 6.12. The standard InChI is InChI=1S/C17H22ClN3O2/c1-11(2)23-16-14(18)7-13(9-20-16)15(22)21-17(10-19)6-4-5-12(3)8-17/h7,9,11-12H,4-6,8H2,1-3H3,(H,21,22). The van der Waals surface area contributed by atoms with Crippen molar-refractivity contribution >= 4 is 17.5 Å². The molecule has 1 fully saturated rings. The van der Waals surface area contributed by atoms with E-state index in [-0.39, 0.29) is 17.0 Å². The average Bonchev–Trinajstić information content (AvgIpc) is 2.48. The van der Waals surface area contributed by atoms with E-state index in [1.807, 2.05) is 13.8 Å². The molecule has 1 aromatic heterocycles. The van der Waals surface area contributed by atoms with E-state index in [4.69, 9.17) is 16.3 Å². The van der Waals surface area contributed by atoms with E-state index in [0.29, 0.717) is 30.2 Å². The predicted molar refractivity (Wildman–Crippen MR) is 88.5 cm³/mol. The highest BCUT2D eigenvalue weighted by Crippen LogP contribution is 2.32. The molecule has 5 nitrogen and oxygen atoms in total. The number of hydrogen-bond acceptors (Lipinski definition) is 4. The highest BCUT2D eigenvalue weighted by Gasteiger charge is 2.36. The van der Waals surface area contributed by atoms with Crippen molar-refractivity contribution < 1.29 is 9.53 Å². The number of nitrogens with zero attached hydrogens (tertiary/aromatic N) is 2. The van der Waals surface area contributed by atoms with Crippen LogP contribution in [0.2, 0.25) is 5.02 Å². The Kier molecular flexibility index (Phi) is 5.48. The zero-order chi connectivity index (χ0) is 17.0. The molecule has 1 aromatic rings. The summed E-state index contributed by atoms with van der Waals surface area (Å²) in [5.74, 6) is 0.401. The van der Waals surface area contributed by atoms with Gasteiger partial charge in [0.15, 0.2) is 0 Å². The number of aromatic nitrogens is 1. The second-order valence-electron chi connectivity index (χ2n) is 6.53. The fourth-order valence-electron chi connectivity index (χ4n) is 2.94. The molecular weight excluding hydrogens is 314 g/mol. The summed E-state index contributed by atoms with van der Waals surface area (Å²) in [7, 11) is 0. The molecule has 1 heterocycles. The molecule has 2 rings (SSSR count). The minimum absolute atomic E-state index is 0.0507. The number of halogens is 1. The molecule has 1 N–H and O–H groups in total. The van der Waals surface area contributed by atoms with E-state index < -0.39 is 5.54 Å². The van der Waals surface area contributed by atoms with Gasteiger partial charge in [0.05, 0.1) is 17.7 Å². The predicted octanol–water partition coefficient (Wildman–Crippen LogP) is 3.72. The van der Waals surface area contributed by atoms with Crippen LogP contribution in [-0.4, -0.2) is 22.5 Å². The molecule has 0 saturated heterocycles. The van der Waals surface area contributed by atoms with Crippen LogP contribution in [-0.2, 0) is 0 Å². The molecule has 23 heavy (non-hydrogen) atoms. The summed E-state index contributed by atoms with van der Waals surface area (Å²) < 4.78 is 5.46. The summed E-state index contributed by atoms with van der Waals surface area (Å²) in [6, 6.07) is 3.82. The second-order valence-corrected chi connectivity index (χ2v) is 6.93. The Labute approximate surface area is 142 Å². The maximum Gasteiger partial charge on any atom is 0.254 e. The van der Waals surface area contributed by atoms with Crippen LogP contribution in [0.5, 0.6) is 5.88 Å². The number of carbonyl (C=O) groups is 1. The number of nitriles is 1. The van der Waals surface area contributed by atoms with Crippen LogP contribution >= 0.6 is 11.6 Å². The smallest absolute Gasteiger partial charge is 0.254 e. The number of ether oxygens (including phenoxy) is 1. The van der Waals surface area contributed by atoms with Gasteiger partial charge in [0.25, 0.3) is 5.91 Å². The van der Waals surface area contributed by atoms with Crippen LogP contribution in [0.4, 0.5) is 0 Å². The molecule has 1 saturated carbocycles. The molecule has 2 unspecified atom stereocenters. The van der Waals surface area contributed by atoms with E-state index in [1.54, 1.807) is 0 Å². The van der Waals surface area contributed by atoms with Crippen molar-refractivity contribution in [2.45, 2.75) is 58.1 Å². The molecular formula is C17H22ClN3O2. The average molecular weight is 336 g/mol. The van der Waals surface area contributed by atoms with Crippen molar-refractivity contribution in [3.05, 3.63) is 22.8 Å². The van der Waals surface area contributed by atoms with Crippen molar-refractivity contribution in [1.82, 2.24) is 10.3 Å². The third-order valence-electron chi connectivity index (χ3n) is 3.98. The first-order valence-corrected chi connectivity index (χ1v) is 8.29. The number of amides is 1. The van der Waals surface area contributed by atoms with E-state index in [0.717, 1.165) is 12.8 Å². The normalized spacial score (nSPS) is 24.1. The fourth-order valence-corrected chi connectivity index (χ4v) is 3.15. The molecule has 0 radical (unpaired) electrons. The van der Waals surface area contributed by atoms with Gasteiger partial charge >= 0.3 is 0 Å². The summed E-state index contributed by atoms with van der Waals surface area (Å²) in [5.41, 5.74) is -0.465. The lowest BCUT2D eigenvalue weighted by molar-refractivity contribution is 0.0890. The van der Waals surface area contributed by atoms with Gasteiger partial charge in [-0.1, -0.05) is 24.9 Å². The SMILES string of the molecule is CC1CCCC(C#N)(NC(=O)c2cnc(OC(C)C)c(Cl)c2)C1. The highest BCUT2D eigenvalue weighted by molar-refractivity contribution is 6.32. The van der Waals surface area contributed by atoms with Crippen molar-refractivity contribution in [2.24, 2.45) is 5.92 Å². The Hall–Kier alpha value is -1.80. The molecule has 1 aliphatic rings. The van der Waals surface area contributed by atoms with E-state index >= 15 is 0 Å². The third kappa shape index (κ3) is 4.35. The van der Waals surface area contributed by atoms with E-state index in [1.165, 1.54) is 12.3 Å². The largest absolute Gasteiger partial charge is 0.474 e. The lowest BCUT2D eigenvalue weighted by Crippen LogP contribution is -2.50. The fraction of sp³-hybridized carbons (Fsp3) is 0.588. The first-order chi connectivity index (χ1) is 10.8. The van der Waals surface area contributed by atoms with Gasteiger partial charge in [-0.05, 0) is 45.1 Å². The van der Waals surface area contributed by atoms with Crippen LogP contribution in [0.3, 0.4) is 0 Å². The number of nitrogens with one attached hydrogen (secondary N) is 1. The molecule has 6 heteroatoms. The molecule has 2 atom stereocenters. The van der Waals surface area contributed by atoms with Crippen LogP contribution in [0.25, 0.3) is 0 Å². The minimum atomic E-state index is -0.797. The van der Waals surface area contributed by atoms with Crippen LogP contribution in [0.15, 0.2) is 12.3 Å². The highest BCUT2D eigenvalue weighted by atomic mass is 35.5. The molecule has 1 aliphatic carbocycles. The minimum Gasteiger partial charge on any atom is -0.474 e. The topological polar surface area (TPSA) is 75.0 Å². The van der Waals surface area contributed by atoms with Crippen molar-refractivity contribution in [2.75, 3.05) is 0 Å². The number of rotatable bonds is 4. The van der Waals surface area contributed by atoms with Gasteiger partial charge in [0, 0.05) is 6.20 Å². The quantitative estimate of drug-likeness (QED) is 0.909. The maximum absolute atomic E-state index is 12.5. The molecule has 124 valence electrons. The van der Waals surface area contributed by atoms with Gasteiger partial charge in [-0.2, -0.15) is 5.26 Å². The van der Waals surface area contributed by atoms with Gasteiger partial charge in [-0.15, -0.1) is 0 Å². The van der Waals surface area contributed by atoms with Crippen LogP contribution < -0.4 is 10.1 Å². The first kappa shape index (κ1) is 17.6. The Morgan fingerprint density at radius 3 is 2.91 bits per heavy atom. The molecule has 0 spiro atoms. The summed E-state index contributed by atoms with van der Waals surface area (Å²) in [6.07, 6.45) is 4.75. The lowest BCUT2D eigenvalue weighted by Gasteiger charge is -2.35. The maximum atomic E-state index is 12.5. The summed E-state index contributed by atoms with van der Waals surface area (Å²) in [5, 5.41) is 12.7. The zero-order valence-electron chi connectivity index (χ0n) is 13.7. The van der Waals surface area contributed by atoms with Gasteiger partial charge < -0.3 is 10.1 Å². The third-order valence-corrected chi connectivity index (χ3v) is 4.25. The summed E-state index contributed by atoms with van der Waals surface area (Å²) in [6.45, 7) is 5.85. The second kappa shape index (κ2) is 7.18. The zero-order valence-corrected chi connectivity index (χ0v) is 14.5. The number of hydrogen-bond donors (Lipinski definition) is 1. The molecule has 0 aromatic carbocycles. The monoisotopic (exact) mass is 335 g/mol. The Bertz CT molecular complexity index is 627. The van der Waals surface area contributed by atoms with E-state index in [9.17, 15) is 10.1 Å². The van der Waals surface area contributed by atoms with Crippen molar-refractivity contribution in [1.29, 1.82) is 5.26 Å². The lowest BCUT2D eigenvalue weighted by atomic mass is 9.77. The Morgan fingerprint density at radius 2 is 2.35 bits per heavy atom. The Balaban J connectivity index is 2.14. The van der Waals surface area contributed by atoms with Crippen molar-refractivity contribution in [3.63, 3.8) is 0 Å². The Morgan fingerprint density at radius 1 is 1.61 bits per heavy atom. The van der Waals surface area contributed by atoms with Gasteiger partial charge in [-0.3, -0.25) is 4.79 Å². The summed E-state index contributed by atoms with van der Waals surface area (Å²) in [4.78, 5) is 16.6. The van der Waals surface area contributed by atoms with E-state index in [2.05, 4.69) is 23.3 Å². The van der Waals surface area contributed by atoms with Gasteiger partial charge in [0.2, 0.25) is 5.88 Å². The van der Waals surface area contributed by atoms with Crippen molar-refractivity contribution in [3.8, 4) is 11.9 Å².